The number of benzene rings is 1. The number of nitrogens with zero attached hydrogens (tertiary/aromatic N) is 1. The topological polar surface area (TPSA) is 15.3 Å². The predicted molar refractivity (Wildman–Crippen MR) is 91.9 cm³/mol. The summed E-state index contributed by atoms with van der Waals surface area (Å²) in [5.74, 6) is 0.918. The highest BCUT2D eigenvalue weighted by molar-refractivity contribution is 5.37. The lowest BCUT2D eigenvalue weighted by atomic mass is 9.93. The molecule has 1 aliphatic rings. The summed E-state index contributed by atoms with van der Waals surface area (Å²) in [5, 5.41) is 3.73. The zero-order chi connectivity index (χ0) is 15.4. The van der Waals surface area contributed by atoms with Crippen molar-refractivity contribution in [1.82, 2.24) is 10.2 Å². The van der Waals surface area contributed by atoms with Gasteiger partial charge in [0.2, 0.25) is 0 Å². The van der Waals surface area contributed by atoms with Crippen LogP contribution in [-0.4, -0.2) is 31.6 Å². The fourth-order valence-corrected chi connectivity index (χ4v) is 3.41. The van der Waals surface area contributed by atoms with E-state index in [9.17, 15) is 0 Å². The number of nitrogens with one attached hydrogen (secondary N) is 1. The Hall–Kier alpha value is -0.860. The predicted octanol–water partition coefficient (Wildman–Crippen LogP) is 3.99. The molecule has 2 nitrogen and oxygen atoms in total. The van der Waals surface area contributed by atoms with E-state index in [-0.39, 0.29) is 0 Å². The van der Waals surface area contributed by atoms with Crippen molar-refractivity contribution in [2.75, 3.05) is 26.7 Å². The first-order chi connectivity index (χ1) is 9.97. The maximum absolute atomic E-state index is 3.73. The van der Waals surface area contributed by atoms with E-state index in [0.717, 1.165) is 12.5 Å². The number of likely N-dealkylation sites (tertiary alicyclic amines) is 1. The van der Waals surface area contributed by atoms with Gasteiger partial charge in [0.05, 0.1) is 0 Å². The fraction of sp³-hybridized carbons (Fsp3) is 0.684. The van der Waals surface area contributed by atoms with Gasteiger partial charge in [-0.25, -0.2) is 0 Å². The van der Waals surface area contributed by atoms with Crippen LogP contribution < -0.4 is 5.32 Å². The highest BCUT2D eigenvalue weighted by atomic mass is 15.1. The smallest absolute Gasteiger partial charge is 0.0294 e. The summed E-state index contributed by atoms with van der Waals surface area (Å²) in [4.78, 5) is 2.45. The van der Waals surface area contributed by atoms with Gasteiger partial charge in [-0.1, -0.05) is 12.1 Å². The third kappa shape index (κ3) is 4.55. The number of hydrogen-bond donors (Lipinski definition) is 1. The molecule has 1 N–H and O–H groups in total. The minimum atomic E-state index is 0.454. The standard InChI is InChI=1S/C19H32N2/c1-14-12-16(3)19(13-15(14)2)17(4)20-9-6-18-7-10-21(5)11-8-18/h12-13,17-18,20H,6-11H2,1-5H3. The first-order valence-electron chi connectivity index (χ1n) is 8.47. The van der Waals surface area contributed by atoms with Gasteiger partial charge in [0.25, 0.3) is 0 Å². The van der Waals surface area contributed by atoms with E-state index >= 15 is 0 Å². The second-order valence-electron chi connectivity index (χ2n) is 7.00. The van der Waals surface area contributed by atoms with Gasteiger partial charge >= 0.3 is 0 Å². The Morgan fingerprint density at radius 3 is 2.38 bits per heavy atom. The molecule has 0 aliphatic carbocycles. The summed E-state index contributed by atoms with van der Waals surface area (Å²) in [6.45, 7) is 12.6. The van der Waals surface area contributed by atoms with Crippen molar-refractivity contribution in [3.8, 4) is 0 Å². The molecule has 1 aromatic rings. The third-order valence-corrected chi connectivity index (χ3v) is 5.19. The second kappa shape index (κ2) is 7.42. The van der Waals surface area contributed by atoms with E-state index in [2.05, 4.69) is 57.1 Å². The van der Waals surface area contributed by atoms with Crippen LogP contribution in [0.1, 0.15) is 54.5 Å². The first-order valence-corrected chi connectivity index (χ1v) is 8.47. The van der Waals surface area contributed by atoms with Crippen LogP contribution >= 0.6 is 0 Å². The van der Waals surface area contributed by atoms with Crippen LogP contribution in [0.2, 0.25) is 0 Å². The minimum absolute atomic E-state index is 0.454. The van der Waals surface area contributed by atoms with Crippen LogP contribution in [0, 0.1) is 26.7 Å². The Bertz CT molecular complexity index is 459. The van der Waals surface area contributed by atoms with Crippen LogP contribution in [0.4, 0.5) is 0 Å². The summed E-state index contributed by atoms with van der Waals surface area (Å²) in [7, 11) is 2.24. The highest BCUT2D eigenvalue weighted by Crippen LogP contribution is 2.23. The average Bonchev–Trinajstić information content (AvgIpc) is 2.45. The minimum Gasteiger partial charge on any atom is -0.310 e. The molecule has 0 radical (unpaired) electrons. The van der Waals surface area contributed by atoms with Crippen molar-refractivity contribution in [1.29, 1.82) is 0 Å². The van der Waals surface area contributed by atoms with Crippen molar-refractivity contribution < 1.29 is 0 Å². The molecule has 21 heavy (non-hydrogen) atoms. The van der Waals surface area contributed by atoms with Gasteiger partial charge in [0.15, 0.2) is 0 Å². The van der Waals surface area contributed by atoms with E-state index in [0.29, 0.717) is 6.04 Å². The fourth-order valence-electron chi connectivity index (χ4n) is 3.41. The van der Waals surface area contributed by atoms with Gasteiger partial charge in [-0.2, -0.15) is 0 Å². The van der Waals surface area contributed by atoms with Crippen LogP contribution in [0.25, 0.3) is 0 Å². The molecule has 1 aliphatic heterocycles. The SMILES string of the molecule is Cc1cc(C)c(C(C)NCCC2CCN(C)CC2)cc1C. The summed E-state index contributed by atoms with van der Waals surface area (Å²) >= 11 is 0. The van der Waals surface area contributed by atoms with Crippen molar-refractivity contribution in [2.45, 2.75) is 53.0 Å². The van der Waals surface area contributed by atoms with Crippen LogP contribution in [0.3, 0.4) is 0 Å². The van der Waals surface area contributed by atoms with Gasteiger partial charge in [0.1, 0.15) is 0 Å². The lowest BCUT2D eigenvalue weighted by molar-refractivity contribution is 0.211. The van der Waals surface area contributed by atoms with Crippen LogP contribution in [0.15, 0.2) is 12.1 Å². The highest BCUT2D eigenvalue weighted by Gasteiger charge is 2.17. The zero-order valence-electron chi connectivity index (χ0n) is 14.5. The molecule has 1 saturated heterocycles. The Morgan fingerprint density at radius 1 is 1.10 bits per heavy atom. The molecular formula is C19H32N2. The average molecular weight is 288 g/mol. The van der Waals surface area contributed by atoms with E-state index < -0.39 is 0 Å². The Balaban J connectivity index is 1.82. The van der Waals surface area contributed by atoms with Crippen LogP contribution in [0.5, 0.6) is 0 Å². The second-order valence-corrected chi connectivity index (χ2v) is 7.00. The van der Waals surface area contributed by atoms with Crippen molar-refractivity contribution in [3.63, 3.8) is 0 Å². The molecule has 2 rings (SSSR count). The quantitative estimate of drug-likeness (QED) is 0.881. The summed E-state index contributed by atoms with van der Waals surface area (Å²) in [6.07, 6.45) is 4.06. The van der Waals surface area contributed by atoms with E-state index in [4.69, 9.17) is 0 Å². The molecule has 1 heterocycles. The molecule has 0 saturated carbocycles. The number of aryl methyl sites for hydroxylation is 3. The van der Waals surface area contributed by atoms with Gasteiger partial charge in [-0.05, 0) is 102 Å². The Morgan fingerprint density at radius 2 is 1.71 bits per heavy atom. The maximum atomic E-state index is 3.73. The molecule has 0 bridgehead atoms. The van der Waals surface area contributed by atoms with Crippen LogP contribution in [-0.2, 0) is 0 Å². The normalized spacial score (nSPS) is 18.9. The number of piperidine rings is 1. The first kappa shape index (κ1) is 16.5. The molecule has 1 atom stereocenters. The summed E-state index contributed by atoms with van der Waals surface area (Å²) in [6, 6.07) is 5.13. The number of hydrogen-bond acceptors (Lipinski definition) is 2. The van der Waals surface area contributed by atoms with Gasteiger partial charge in [-0.15, -0.1) is 0 Å². The van der Waals surface area contributed by atoms with E-state index in [1.165, 1.54) is 54.6 Å². The van der Waals surface area contributed by atoms with Crippen molar-refractivity contribution >= 4 is 0 Å². The molecule has 1 unspecified atom stereocenters. The van der Waals surface area contributed by atoms with Gasteiger partial charge in [-0.3, -0.25) is 0 Å². The molecule has 1 aromatic carbocycles. The zero-order valence-corrected chi connectivity index (χ0v) is 14.5. The van der Waals surface area contributed by atoms with E-state index in [1.54, 1.807) is 0 Å². The Labute approximate surface area is 130 Å². The largest absolute Gasteiger partial charge is 0.310 e. The monoisotopic (exact) mass is 288 g/mol. The maximum Gasteiger partial charge on any atom is 0.0294 e. The molecule has 2 heteroatoms. The molecule has 0 spiro atoms. The van der Waals surface area contributed by atoms with Crippen molar-refractivity contribution in [3.05, 3.63) is 34.4 Å². The van der Waals surface area contributed by atoms with E-state index in [1.807, 2.05) is 0 Å². The molecule has 0 amide bonds. The number of rotatable bonds is 5. The lowest BCUT2D eigenvalue weighted by Gasteiger charge is -2.29. The molecule has 1 fully saturated rings. The van der Waals surface area contributed by atoms with Gasteiger partial charge < -0.3 is 10.2 Å². The molecule has 0 aromatic heterocycles. The summed E-state index contributed by atoms with van der Waals surface area (Å²) in [5.41, 5.74) is 5.67. The Kier molecular flexibility index (Phi) is 5.83. The van der Waals surface area contributed by atoms with Gasteiger partial charge in [0, 0.05) is 6.04 Å². The lowest BCUT2D eigenvalue weighted by Crippen LogP contribution is -2.32. The molecule has 118 valence electrons. The summed E-state index contributed by atoms with van der Waals surface area (Å²) < 4.78 is 0. The molecular weight excluding hydrogens is 256 g/mol. The van der Waals surface area contributed by atoms with Crippen molar-refractivity contribution in [2.24, 2.45) is 5.92 Å². The third-order valence-electron chi connectivity index (χ3n) is 5.19.